The number of aliphatic imine (C=N–C) groups is 1. The molecule has 0 spiro atoms. The fourth-order valence-corrected chi connectivity index (χ4v) is 2.69. The van der Waals surface area contributed by atoms with Gasteiger partial charge in [-0.15, -0.1) is 0 Å². The van der Waals surface area contributed by atoms with Crippen molar-refractivity contribution >= 4 is 28.5 Å². The Morgan fingerprint density at radius 3 is 2.61 bits per heavy atom. The largest absolute Gasteiger partial charge is 0.392 e. The fourth-order valence-electron chi connectivity index (χ4n) is 1.68. The molecule has 0 bridgehead atoms. The maximum Gasteiger partial charge on any atom is 0.243 e. The number of hydrogen-bond donors (Lipinski definition) is 1. The monoisotopic (exact) mass is 264 g/mol. The molecule has 1 aromatic carbocycles. The summed E-state index contributed by atoms with van der Waals surface area (Å²) in [4.78, 5) is 18.0. The molecule has 4 nitrogen and oxygen atoms in total. The molecule has 1 heterocycles. The lowest BCUT2D eigenvalue weighted by molar-refractivity contribution is -0.115. The summed E-state index contributed by atoms with van der Waals surface area (Å²) >= 11 is 1.47. The second kappa shape index (κ2) is 5.54. The molecule has 1 aliphatic rings. The van der Waals surface area contributed by atoms with E-state index in [4.69, 9.17) is 5.11 Å². The molecule has 5 heteroatoms. The normalized spacial score (nSPS) is 18.1. The highest BCUT2D eigenvalue weighted by Gasteiger charge is 2.29. The Bertz CT molecular complexity index is 468. The summed E-state index contributed by atoms with van der Waals surface area (Å²) in [6.07, 6.45) is 0. The molecule has 2 rings (SSSR count). The van der Waals surface area contributed by atoms with Crippen LogP contribution in [0, 0.1) is 0 Å². The Morgan fingerprint density at radius 2 is 2.06 bits per heavy atom. The first-order valence-electron chi connectivity index (χ1n) is 5.85. The van der Waals surface area contributed by atoms with Crippen LogP contribution >= 0.6 is 11.8 Å². The molecular weight excluding hydrogens is 248 g/mol. The Labute approximate surface area is 111 Å². The van der Waals surface area contributed by atoms with Gasteiger partial charge in [-0.1, -0.05) is 23.9 Å². The topological polar surface area (TPSA) is 52.9 Å². The van der Waals surface area contributed by atoms with Gasteiger partial charge in [-0.3, -0.25) is 14.7 Å². The predicted octanol–water partition coefficient (Wildman–Crippen LogP) is 2.02. The van der Waals surface area contributed by atoms with Crippen molar-refractivity contribution in [2.45, 2.75) is 26.5 Å². The van der Waals surface area contributed by atoms with Crippen molar-refractivity contribution in [3.05, 3.63) is 29.8 Å². The van der Waals surface area contributed by atoms with Crippen LogP contribution in [0.25, 0.3) is 0 Å². The van der Waals surface area contributed by atoms with Gasteiger partial charge in [-0.25, -0.2) is 0 Å². The fraction of sp³-hybridized carbons (Fsp3) is 0.385. The molecule has 96 valence electrons. The number of hydrogen-bond acceptors (Lipinski definition) is 4. The van der Waals surface area contributed by atoms with Crippen LogP contribution in [0.15, 0.2) is 29.3 Å². The molecule has 0 atom stereocenters. The third-order valence-electron chi connectivity index (χ3n) is 2.51. The molecule has 18 heavy (non-hydrogen) atoms. The number of amidine groups is 1. The van der Waals surface area contributed by atoms with E-state index in [0.717, 1.165) is 16.4 Å². The minimum Gasteiger partial charge on any atom is -0.392 e. The lowest BCUT2D eigenvalue weighted by Gasteiger charge is -2.17. The Hall–Kier alpha value is -1.33. The van der Waals surface area contributed by atoms with Crippen LogP contribution in [0.5, 0.6) is 0 Å². The quantitative estimate of drug-likeness (QED) is 0.908. The van der Waals surface area contributed by atoms with Gasteiger partial charge in [0.1, 0.15) is 0 Å². The van der Waals surface area contributed by atoms with Crippen LogP contribution in [0.2, 0.25) is 0 Å². The predicted molar refractivity (Wildman–Crippen MR) is 74.9 cm³/mol. The van der Waals surface area contributed by atoms with E-state index in [2.05, 4.69) is 4.99 Å². The second-order valence-corrected chi connectivity index (χ2v) is 5.29. The molecule has 1 N–H and O–H groups in total. The van der Waals surface area contributed by atoms with Gasteiger partial charge in [0.05, 0.1) is 18.0 Å². The third-order valence-corrected chi connectivity index (χ3v) is 3.45. The summed E-state index contributed by atoms with van der Waals surface area (Å²) in [6.45, 7) is 3.99. The van der Waals surface area contributed by atoms with Gasteiger partial charge in [0.2, 0.25) is 5.91 Å². The molecule has 1 saturated heterocycles. The van der Waals surface area contributed by atoms with E-state index in [1.165, 1.54) is 11.8 Å². The molecular formula is C13H16N2O2S. The number of aliphatic hydroxyl groups is 1. The second-order valence-electron chi connectivity index (χ2n) is 4.35. The highest BCUT2D eigenvalue weighted by molar-refractivity contribution is 8.15. The van der Waals surface area contributed by atoms with Crippen molar-refractivity contribution < 1.29 is 9.90 Å². The van der Waals surface area contributed by atoms with Gasteiger partial charge in [0.15, 0.2) is 5.17 Å². The SMILES string of the molecule is CC(C)N=C1SCC(=O)N1c1ccc(CO)cc1. The summed E-state index contributed by atoms with van der Waals surface area (Å²) in [5.74, 6) is 0.490. The molecule has 1 aliphatic heterocycles. The molecule has 0 aliphatic carbocycles. The number of carbonyl (C=O) groups excluding carboxylic acids is 1. The van der Waals surface area contributed by atoms with Gasteiger partial charge in [0.25, 0.3) is 0 Å². The van der Waals surface area contributed by atoms with Crippen molar-refractivity contribution in [1.29, 1.82) is 0 Å². The summed E-state index contributed by atoms with van der Waals surface area (Å²) in [7, 11) is 0. The third kappa shape index (κ3) is 2.73. The van der Waals surface area contributed by atoms with Gasteiger partial charge in [-0.2, -0.15) is 0 Å². The first-order chi connectivity index (χ1) is 8.61. The van der Waals surface area contributed by atoms with E-state index >= 15 is 0 Å². The highest BCUT2D eigenvalue weighted by atomic mass is 32.2. The number of aliphatic hydroxyl groups excluding tert-OH is 1. The average molecular weight is 264 g/mol. The van der Waals surface area contributed by atoms with Crippen molar-refractivity contribution in [1.82, 2.24) is 0 Å². The van der Waals surface area contributed by atoms with E-state index in [9.17, 15) is 4.79 Å². The van der Waals surface area contributed by atoms with Crippen LogP contribution in [0.3, 0.4) is 0 Å². The zero-order chi connectivity index (χ0) is 13.1. The number of thioether (sulfide) groups is 1. The van der Waals surface area contributed by atoms with E-state index in [1.54, 1.807) is 4.90 Å². The Balaban J connectivity index is 2.30. The molecule has 0 aromatic heterocycles. The van der Waals surface area contributed by atoms with E-state index in [1.807, 2.05) is 38.1 Å². The maximum atomic E-state index is 11.9. The zero-order valence-electron chi connectivity index (χ0n) is 10.5. The summed E-state index contributed by atoms with van der Waals surface area (Å²) in [5.41, 5.74) is 1.64. The van der Waals surface area contributed by atoms with Crippen LogP contribution in [-0.4, -0.2) is 28.0 Å². The first kappa shape index (κ1) is 13.1. The number of nitrogens with zero attached hydrogens (tertiary/aromatic N) is 2. The summed E-state index contributed by atoms with van der Waals surface area (Å²) in [5, 5.41) is 9.76. The van der Waals surface area contributed by atoms with Crippen molar-refractivity contribution in [2.75, 3.05) is 10.7 Å². The molecule has 0 saturated carbocycles. The number of carbonyl (C=O) groups is 1. The number of anilines is 1. The maximum absolute atomic E-state index is 11.9. The van der Waals surface area contributed by atoms with Crippen LogP contribution in [0.4, 0.5) is 5.69 Å². The van der Waals surface area contributed by atoms with Gasteiger partial charge < -0.3 is 5.11 Å². The van der Waals surface area contributed by atoms with Crippen LogP contribution < -0.4 is 4.90 Å². The number of rotatable bonds is 3. The Morgan fingerprint density at radius 1 is 1.39 bits per heavy atom. The molecule has 1 fully saturated rings. The van der Waals surface area contributed by atoms with Gasteiger partial charge >= 0.3 is 0 Å². The average Bonchev–Trinajstić information content (AvgIpc) is 2.70. The number of amides is 1. The molecule has 1 aromatic rings. The zero-order valence-corrected chi connectivity index (χ0v) is 11.3. The summed E-state index contributed by atoms with van der Waals surface area (Å²) in [6, 6.07) is 7.48. The van der Waals surface area contributed by atoms with Crippen LogP contribution in [0.1, 0.15) is 19.4 Å². The van der Waals surface area contributed by atoms with Gasteiger partial charge in [0, 0.05) is 6.04 Å². The molecule has 0 radical (unpaired) electrons. The standard InChI is InChI=1S/C13H16N2O2S/c1-9(2)14-13-15(12(17)8-18-13)11-5-3-10(7-16)4-6-11/h3-6,9,16H,7-8H2,1-2H3. The Kier molecular flexibility index (Phi) is 4.04. The molecule has 0 unspecified atom stereocenters. The highest BCUT2D eigenvalue weighted by Crippen LogP contribution is 2.27. The van der Waals surface area contributed by atoms with E-state index in [0.29, 0.717) is 5.75 Å². The van der Waals surface area contributed by atoms with Crippen molar-refractivity contribution in [3.63, 3.8) is 0 Å². The lowest BCUT2D eigenvalue weighted by Crippen LogP contribution is -2.29. The smallest absolute Gasteiger partial charge is 0.243 e. The van der Waals surface area contributed by atoms with Gasteiger partial charge in [-0.05, 0) is 31.5 Å². The van der Waals surface area contributed by atoms with E-state index < -0.39 is 0 Å². The summed E-state index contributed by atoms with van der Waals surface area (Å²) < 4.78 is 0. The van der Waals surface area contributed by atoms with Crippen LogP contribution in [-0.2, 0) is 11.4 Å². The number of benzene rings is 1. The van der Waals surface area contributed by atoms with Crippen molar-refractivity contribution in [3.8, 4) is 0 Å². The minimum absolute atomic E-state index is 0.00984. The lowest BCUT2D eigenvalue weighted by atomic mass is 10.2. The van der Waals surface area contributed by atoms with E-state index in [-0.39, 0.29) is 18.6 Å². The first-order valence-corrected chi connectivity index (χ1v) is 6.83. The van der Waals surface area contributed by atoms with Crippen molar-refractivity contribution in [2.24, 2.45) is 4.99 Å². The minimum atomic E-state index is 0.00984. The molecule has 1 amide bonds.